The molecule has 0 spiro atoms. The molecule has 150 valence electrons. The van der Waals surface area contributed by atoms with E-state index in [-0.39, 0.29) is 12.5 Å². The lowest BCUT2D eigenvalue weighted by Gasteiger charge is -2.22. The molecule has 4 N–H and O–H groups in total. The summed E-state index contributed by atoms with van der Waals surface area (Å²) in [6.45, 7) is 11.1. The molecule has 0 fully saturated rings. The number of aliphatic imine (C=N–C) groups is 1. The van der Waals surface area contributed by atoms with Gasteiger partial charge in [0.25, 0.3) is 0 Å². The van der Waals surface area contributed by atoms with Gasteiger partial charge in [-0.05, 0) is 52.7 Å². The van der Waals surface area contributed by atoms with Gasteiger partial charge in [-0.3, -0.25) is 10.6 Å². The zero-order valence-electron chi connectivity index (χ0n) is 16.9. The Labute approximate surface area is 160 Å². The zero-order chi connectivity index (χ0) is 20.7. The number of guanidine groups is 1. The molecule has 0 aliphatic heterocycles. The van der Waals surface area contributed by atoms with Gasteiger partial charge >= 0.3 is 12.2 Å². The second kappa shape index (κ2) is 9.36. The van der Waals surface area contributed by atoms with Crippen LogP contribution in [0, 0.1) is 0 Å². The van der Waals surface area contributed by atoms with Crippen molar-refractivity contribution in [3.8, 4) is 0 Å². The normalized spacial score (nSPS) is 11.4. The van der Waals surface area contributed by atoms with Crippen LogP contribution in [0.1, 0.15) is 52.7 Å². The lowest BCUT2D eigenvalue weighted by Crippen LogP contribution is -2.47. The van der Waals surface area contributed by atoms with Crippen molar-refractivity contribution in [3.63, 3.8) is 0 Å². The molecular formula is C19H30N4O4. The molecule has 0 unspecified atom stereocenters. The fourth-order valence-electron chi connectivity index (χ4n) is 1.86. The van der Waals surface area contributed by atoms with E-state index < -0.39 is 23.4 Å². The smallest absolute Gasteiger partial charge is 0.414 e. The van der Waals surface area contributed by atoms with E-state index in [0.717, 1.165) is 11.1 Å². The summed E-state index contributed by atoms with van der Waals surface area (Å²) in [7, 11) is 0. The maximum atomic E-state index is 12.0. The molecule has 1 aromatic carbocycles. The Balaban J connectivity index is 2.87. The predicted molar refractivity (Wildman–Crippen MR) is 104 cm³/mol. The van der Waals surface area contributed by atoms with Crippen LogP contribution in [0.4, 0.5) is 9.59 Å². The number of rotatable bonds is 3. The standard InChI is InChI=1S/C19H30N4O4/c1-18(2,3)26-16(24)22-15(23-17(25)27-19(4,5)6)21-12-14-9-7-13(11-20)8-10-14/h7-10H,11-12,20H2,1-6H3,(H2,21,22,23,24,25). The third-order valence-electron chi connectivity index (χ3n) is 2.92. The van der Waals surface area contributed by atoms with Crippen LogP contribution in [-0.4, -0.2) is 29.3 Å². The first-order chi connectivity index (χ1) is 12.4. The van der Waals surface area contributed by atoms with Crippen molar-refractivity contribution in [2.24, 2.45) is 10.7 Å². The summed E-state index contributed by atoms with van der Waals surface area (Å²) in [6.07, 6.45) is -1.45. The highest BCUT2D eigenvalue weighted by Gasteiger charge is 2.21. The van der Waals surface area contributed by atoms with Crippen molar-refractivity contribution in [1.82, 2.24) is 10.6 Å². The molecule has 0 bridgehead atoms. The summed E-state index contributed by atoms with van der Waals surface area (Å²) in [5, 5.41) is 4.88. The van der Waals surface area contributed by atoms with Crippen molar-refractivity contribution in [3.05, 3.63) is 35.4 Å². The van der Waals surface area contributed by atoms with Gasteiger partial charge in [-0.1, -0.05) is 24.3 Å². The van der Waals surface area contributed by atoms with Crippen molar-refractivity contribution in [2.45, 2.75) is 65.8 Å². The summed E-state index contributed by atoms with van der Waals surface area (Å²) >= 11 is 0. The summed E-state index contributed by atoms with van der Waals surface area (Å²) in [5.74, 6) is -0.0543. The van der Waals surface area contributed by atoms with Crippen molar-refractivity contribution in [1.29, 1.82) is 0 Å². The number of ether oxygens (including phenoxy) is 2. The van der Waals surface area contributed by atoms with E-state index in [9.17, 15) is 9.59 Å². The highest BCUT2D eigenvalue weighted by molar-refractivity contribution is 6.01. The molecule has 0 atom stereocenters. The molecule has 1 aromatic rings. The highest BCUT2D eigenvalue weighted by Crippen LogP contribution is 2.08. The summed E-state index contributed by atoms with van der Waals surface area (Å²) in [6, 6.07) is 7.55. The molecule has 0 heterocycles. The fraction of sp³-hybridized carbons (Fsp3) is 0.526. The second-order valence-corrected chi connectivity index (χ2v) is 7.94. The first-order valence-corrected chi connectivity index (χ1v) is 8.70. The van der Waals surface area contributed by atoms with Crippen molar-refractivity contribution in [2.75, 3.05) is 0 Å². The molecule has 0 radical (unpaired) electrons. The third kappa shape index (κ3) is 10.2. The number of carbonyl (C=O) groups excluding carboxylic acids is 2. The van der Waals surface area contributed by atoms with Crippen LogP contribution < -0.4 is 16.4 Å². The Morgan fingerprint density at radius 3 is 1.67 bits per heavy atom. The number of nitrogens with one attached hydrogen (secondary N) is 2. The van der Waals surface area contributed by atoms with Gasteiger partial charge < -0.3 is 15.2 Å². The van der Waals surface area contributed by atoms with Crippen LogP contribution in [-0.2, 0) is 22.6 Å². The van der Waals surface area contributed by atoms with Gasteiger partial charge in [-0.2, -0.15) is 0 Å². The Morgan fingerprint density at radius 1 is 0.889 bits per heavy atom. The Morgan fingerprint density at radius 2 is 1.30 bits per heavy atom. The molecule has 1 rings (SSSR count). The quantitative estimate of drug-likeness (QED) is 0.552. The first kappa shape index (κ1) is 22.4. The van der Waals surface area contributed by atoms with Gasteiger partial charge in [-0.25, -0.2) is 14.6 Å². The van der Waals surface area contributed by atoms with Crippen molar-refractivity contribution < 1.29 is 19.1 Å². The van der Waals surface area contributed by atoms with Crippen LogP contribution in [0.2, 0.25) is 0 Å². The Kier molecular flexibility index (Phi) is 7.78. The average molecular weight is 378 g/mol. The van der Waals surface area contributed by atoms with Crippen molar-refractivity contribution >= 4 is 18.1 Å². The minimum Gasteiger partial charge on any atom is -0.444 e. The van der Waals surface area contributed by atoms with E-state index in [2.05, 4.69) is 15.6 Å². The molecular weight excluding hydrogens is 348 g/mol. The van der Waals surface area contributed by atoms with Gasteiger partial charge in [0.2, 0.25) is 5.96 Å². The molecule has 8 nitrogen and oxygen atoms in total. The largest absolute Gasteiger partial charge is 0.444 e. The fourth-order valence-corrected chi connectivity index (χ4v) is 1.86. The van der Waals surface area contributed by atoms with E-state index in [0.29, 0.717) is 6.54 Å². The number of benzene rings is 1. The number of carbonyl (C=O) groups is 2. The molecule has 0 aliphatic carbocycles. The molecule has 0 aliphatic rings. The van der Waals surface area contributed by atoms with Crippen LogP contribution in [0.5, 0.6) is 0 Å². The number of hydrogen-bond acceptors (Lipinski definition) is 6. The molecule has 2 amide bonds. The summed E-state index contributed by atoms with van der Waals surface area (Å²) < 4.78 is 10.4. The van der Waals surface area contributed by atoms with Gasteiger partial charge in [0.05, 0.1) is 6.54 Å². The minimum absolute atomic E-state index is 0.0543. The van der Waals surface area contributed by atoms with Gasteiger partial charge in [0.1, 0.15) is 11.2 Å². The van der Waals surface area contributed by atoms with E-state index >= 15 is 0 Å². The topological polar surface area (TPSA) is 115 Å². The molecule has 0 saturated heterocycles. The number of hydrogen-bond donors (Lipinski definition) is 3. The monoisotopic (exact) mass is 378 g/mol. The van der Waals surface area contributed by atoms with E-state index in [1.807, 2.05) is 24.3 Å². The number of amides is 2. The lowest BCUT2D eigenvalue weighted by molar-refractivity contribution is 0.0545. The molecule has 27 heavy (non-hydrogen) atoms. The predicted octanol–water partition coefficient (Wildman–Crippen LogP) is 3.05. The third-order valence-corrected chi connectivity index (χ3v) is 2.92. The molecule has 8 heteroatoms. The summed E-state index contributed by atoms with van der Waals surface area (Å²) in [5.41, 5.74) is 6.11. The van der Waals surface area contributed by atoms with Crippen LogP contribution in [0.25, 0.3) is 0 Å². The van der Waals surface area contributed by atoms with Gasteiger partial charge in [0.15, 0.2) is 0 Å². The zero-order valence-corrected chi connectivity index (χ0v) is 16.9. The van der Waals surface area contributed by atoms with Crippen LogP contribution in [0.3, 0.4) is 0 Å². The number of alkyl carbamates (subject to hydrolysis) is 2. The average Bonchev–Trinajstić information content (AvgIpc) is 2.49. The second-order valence-electron chi connectivity index (χ2n) is 7.94. The van der Waals surface area contributed by atoms with E-state index in [1.54, 1.807) is 41.5 Å². The number of nitrogens with two attached hydrogens (primary N) is 1. The molecule has 0 saturated carbocycles. The van der Waals surface area contributed by atoms with Gasteiger partial charge in [0, 0.05) is 6.54 Å². The maximum absolute atomic E-state index is 12.0. The lowest BCUT2D eigenvalue weighted by atomic mass is 10.1. The highest BCUT2D eigenvalue weighted by atomic mass is 16.6. The SMILES string of the molecule is CC(C)(C)OC(=O)NC(=NCc1ccc(CN)cc1)NC(=O)OC(C)(C)C. The van der Waals surface area contributed by atoms with Gasteiger partial charge in [-0.15, -0.1) is 0 Å². The Hall–Kier alpha value is -2.61. The van der Waals surface area contributed by atoms with Crippen LogP contribution >= 0.6 is 0 Å². The number of nitrogens with zero attached hydrogens (tertiary/aromatic N) is 1. The van der Waals surface area contributed by atoms with E-state index in [1.165, 1.54) is 0 Å². The molecule has 0 aromatic heterocycles. The van der Waals surface area contributed by atoms with Crippen LogP contribution in [0.15, 0.2) is 29.3 Å². The van der Waals surface area contributed by atoms with E-state index in [4.69, 9.17) is 15.2 Å². The Bertz CT molecular complexity index is 638. The maximum Gasteiger partial charge on any atom is 0.414 e. The minimum atomic E-state index is -0.726. The summed E-state index contributed by atoms with van der Waals surface area (Å²) in [4.78, 5) is 28.3. The first-order valence-electron chi connectivity index (χ1n) is 8.70.